The van der Waals surface area contributed by atoms with Crippen molar-refractivity contribution in [3.8, 4) is 0 Å². The van der Waals surface area contributed by atoms with E-state index in [9.17, 15) is 4.79 Å². The molecule has 0 atom stereocenters. The van der Waals surface area contributed by atoms with E-state index in [4.69, 9.17) is 0 Å². The zero-order chi connectivity index (χ0) is 9.97. The highest BCUT2D eigenvalue weighted by molar-refractivity contribution is 9.18. The molecule has 1 aromatic heterocycles. The number of nitrogens with zero attached hydrogens (tertiary/aromatic N) is 1. The third-order valence-electron chi connectivity index (χ3n) is 1.87. The van der Waals surface area contributed by atoms with E-state index in [0.29, 0.717) is 5.69 Å². The molecule has 1 amide bonds. The number of pyridine rings is 1. The average Bonchev–Trinajstić information content (AvgIpc) is 2.18. The highest BCUT2D eigenvalue weighted by atomic mass is 79.9. The molecule has 0 aliphatic rings. The molecule has 0 saturated carbocycles. The molecular weight excluding hydrogens is 244 g/mol. The van der Waals surface area contributed by atoms with Crippen molar-refractivity contribution in [3.63, 3.8) is 0 Å². The Morgan fingerprint density at radius 1 is 1.29 bits per heavy atom. The summed E-state index contributed by atoms with van der Waals surface area (Å²) >= 11 is 2.82. The molecule has 70 valence electrons. The smallest absolute Gasteiger partial charge is 0.291 e. The van der Waals surface area contributed by atoms with Gasteiger partial charge in [0.25, 0.3) is 4.82 Å². The molecule has 0 bridgehead atoms. The van der Waals surface area contributed by atoms with Gasteiger partial charge in [0.1, 0.15) is 0 Å². The number of anilines is 1. The molecule has 2 rings (SSSR count). The average molecular weight is 251 g/mol. The van der Waals surface area contributed by atoms with Crippen molar-refractivity contribution in [2.24, 2.45) is 0 Å². The molecule has 0 saturated heterocycles. The number of nitrogens with one attached hydrogen (secondary N) is 1. The number of hydrogen-bond donors (Lipinski definition) is 1. The van der Waals surface area contributed by atoms with E-state index in [1.165, 1.54) is 0 Å². The van der Waals surface area contributed by atoms with Gasteiger partial charge in [-0.15, -0.1) is 0 Å². The van der Waals surface area contributed by atoms with Gasteiger partial charge in [-0.3, -0.25) is 9.78 Å². The highest BCUT2D eigenvalue weighted by Gasteiger charge is 2.02. The zero-order valence-corrected chi connectivity index (χ0v) is 8.78. The lowest BCUT2D eigenvalue weighted by atomic mass is 10.2. The van der Waals surface area contributed by atoms with Gasteiger partial charge in [0, 0.05) is 27.5 Å². The van der Waals surface area contributed by atoms with Crippen LogP contribution in [-0.4, -0.2) is 9.80 Å². The van der Waals surface area contributed by atoms with Gasteiger partial charge in [-0.2, -0.15) is 0 Å². The molecular formula is C10H7BrN2O. The van der Waals surface area contributed by atoms with Crippen LogP contribution in [0, 0.1) is 0 Å². The lowest BCUT2D eigenvalue weighted by molar-refractivity contribution is 0.270. The molecule has 1 N–H and O–H groups in total. The fourth-order valence-corrected chi connectivity index (χ4v) is 1.52. The standard InChI is InChI=1S/C10H7BrN2O/c11-10(14)13-8-5-1-3-7-4-2-6-12-9(7)8/h1-6H,(H,13,14). The summed E-state index contributed by atoms with van der Waals surface area (Å²) < 4.78 is 0. The van der Waals surface area contributed by atoms with E-state index in [2.05, 4.69) is 26.2 Å². The molecule has 2 aromatic rings. The number of amides is 1. The van der Waals surface area contributed by atoms with Crippen LogP contribution in [0.25, 0.3) is 10.9 Å². The second-order valence-corrected chi connectivity index (χ2v) is 3.50. The molecule has 0 fully saturated rings. The minimum atomic E-state index is -0.268. The highest BCUT2D eigenvalue weighted by Crippen LogP contribution is 2.20. The second-order valence-electron chi connectivity index (χ2n) is 2.78. The summed E-state index contributed by atoms with van der Waals surface area (Å²) in [6.45, 7) is 0. The Bertz CT molecular complexity index is 479. The van der Waals surface area contributed by atoms with E-state index in [-0.39, 0.29) is 4.82 Å². The Balaban J connectivity index is 2.59. The summed E-state index contributed by atoms with van der Waals surface area (Å²) in [5, 5.41) is 3.67. The first-order valence-corrected chi connectivity index (χ1v) is 4.87. The number of carbonyl (C=O) groups is 1. The molecule has 0 unspecified atom stereocenters. The first kappa shape index (κ1) is 9.15. The Kier molecular flexibility index (Phi) is 2.45. The van der Waals surface area contributed by atoms with Crippen molar-refractivity contribution in [2.75, 3.05) is 5.32 Å². The fraction of sp³-hybridized carbons (Fsp3) is 0. The molecule has 0 spiro atoms. The van der Waals surface area contributed by atoms with Crippen molar-refractivity contribution in [1.82, 2.24) is 4.98 Å². The number of para-hydroxylation sites is 1. The maximum atomic E-state index is 10.8. The van der Waals surface area contributed by atoms with Gasteiger partial charge in [0.15, 0.2) is 0 Å². The summed E-state index contributed by atoms with van der Waals surface area (Å²) in [7, 11) is 0. The number of benzene rings is 1. The Morgan fingerprint density at radius 2 is 2.07 bits per heavy atom. The van der Waals surface area contributed by atoms with Crippen LogP contribution < -0.4 is 5.32 Å². The van der Waals surface area contributed by atoms with Crippen molar-refractivity contribution >= 4 is 37.3 Å². The van der Waals surface area contributed by atoms with E-state index in [1.807, 2.05) is 30.3 Å². The number of aromatic nitrogens is 1. The van der Waals surface area contributed by atoms with Crippen LogP contribution in [0.15, 0.2) is 36.5 Å². The van der Waals surface area contributed by atoms with E-state index in [0.717, 1.165) is 10.9 Å². The molecule has 1 heterocycles. The number of rotatable bonds is 1. The quantitative estimate of drug-likeness (QED) is 0.624. The van der Waals surface area contributed by atoms with Gasteiger partial charge in [-0.05, 0) is 12.1 Å². The van der Waals surface area contributed by atoms with Gasteiger partial charge in [-0.25, -0.2) is 0 Å². The van der Waals surface area contributed by atoms with Crippen molar-refractivity contribution in [3.05, 3.63) is 36.5 Å². The minimum absolute atomic E-state index is 0.268. The minimum Gasteiger partial charge on any atom is -0.315 e. The van der Waals surface area contributed by atoms with Crippen LogP contribution in [0.1, 0.15) is 0 Å². The molecule has 1 aromatic carbocycles. The Labute approximate surface area is 89.3 Å². The summed E-state index contributed by atoms with van der Waals surface area (Å²) in [5.41, 5.74) is 1.51. The summed E-state index contributed by atoms with van der Waals surface area (Å²) in [4.78, 5) is 14.8. The zero-order valence-electron chi connectivity index (χ0n) is 7.20. The van der Waals surface area contributed by atoms with Crippen LogP contribution in [-0.2, 0) is 0 Å². The van der Waals surface area contributed by atoms with Crippen LogP contribution in [0.4, 0.5) is 10.5 Å². The molecule has 3 nitrogen and oxygen atoms in total. The van der Waals surface area contributed by atoms with Crippen molar-refractivity contribution in [2.45, 2.75) is 0 Å². The van der Waals surface area contributed by atoms with Crippen LogP contribution in [0.2, 0.25) is 0 Å². The predicted octanol–water partition coefficient (Wildman–Crippen LogP) is 3.16. The molecule has 0 aliphatic carbocycles. The van der Waals surface area contributed by atoms with Crippen LogP contribution in [0.5, 0.6) is 0 Å². The first-order valence-electron chi connectivity index (χ1n) is 4.07. The van der Waals surface area contributed by atoms with Gasteiger partial charge < -0.3 is 5.32 Å². The number of halogens is 1. The first-order chi connectivity index (χ1) is 6.77. The molecule has 4 heteroatoms. The maximum absolute atomic E-state index is 10.8. The molecule has 14 heavy (non-hydrogen) atoms. The topological polar surface area (TPSA) is 42.0 Å². The number of carbonyl (C=O) groups excluding carboxylic acids is 1. The van der Waals surface area contributed by atoms with Crippen molar-refractivity contribution < 1.29 is 4.79 Å². The van der Waals surface area contributed by atoms with E-state index in [1.54, 1.807) is 6.20 Å². The lowest BCUT2D eigenvalue weighted by Crippen LogP contribution is -2.01. The van der Waals surface area contributed by atoms with Crippen LogP contribution >= 0.6 is 15.9 Å². The molecule has 0 aliphatic heterocycles. The number of hydrogen-bond acceptors (Lipinski definition) is 2. The van der Waals surface area contributed by atoms with E-state index < -0.39 is 0 Å². The third-order valence-corrected chi connectivity index (χ3v) is 2.06. The summed E-state index contributed by atoms with van der Waals surface area (Å²) in [6, 6.07) is 9.46. The normalized spacial score (nSPS) is 10.1. The van der Waals surface area contributed by atoms with Gasteiger partial charge >= 0.3 is 0 Å². The third kappa shape index (κ3) is 1.75. The summed E-state index contributed by atoms with van der Waals surface area (Å²) in [5.74, 6) is 0. The van der Waals surface area contributed by atoms with Crippen molar-refractivity contribution in [1.29, 1.82) is 0 Å². The van der Waals surface area contributed by atoms with Gasteiger partial charge in [-0.1, -0.05) is 18.2 Å². The summed E-state index contributed by atoms with van der Waals surface area (Å²) in [6.07, 6.45) is 1.70. The Hall–Kier alpha value is -1.42. The van der Waals surface area contributed by atoms with Gasteiger partial charge in [0.05, 0.1) is 11.2 Å². The van der Waals surface area contributed by atoms with E-state index >= 15 is 0 Å². The SMILES string of the molecule is O=C(Br)Nc1cccc2cccnc12. The monoisotopic (exact) mass is 250 g/mol. The largest absolute Gasteiger partial charge is 0.315 e. The number of fused-ring (bicyclic) bond motifs is 1. The van der Waals surface area contributed by atoms with Gasteiger partial charge in [0.2, 0.25) is 0 Å². The maximum Gasteiger partial charge on any atom is 0.291 e. The second kappa shape index (κ2) is 3.75. The molecule has 0 radical (unpaired) electrons. The van der Waals surface area contributed by atoms with Crippen LogP contribution in [0.3, 0.4) is 0 Å². The fourth-order valence-electron chi connectivity index (χ4n) is 1.31. The predicted molar refractivity (Wildman–Crippen MR) is 59.7 cm³/mol. The Morgan fingerprint density at radius 3 is 2.86 bits per heavy atom. The lowest BCUT2D eigenvalue weighted by Gasteiger charge is -2.04.